The predicted molar refractivity (Wildman–Crippen MR) is 53.2 cm³/mol. The first kappa shape index (κ1) is 12.5. The number of aromatic nitrogens is 1. The molecular weight excluding hydrogens is 329 g/mol. The third-order valence-corrected chi connectivity index (χ3v) is 2.47. The summed E-state index contributed by atoms with van der Waals surface area (Å²) in [5.41, 5.74) is 0.161. The van der Waals surface area contributed by atoms with Gasteiger partial charge in [-0.25, -0.2) is 9.37 Å². The van der Waals surface area contributed by atoms with Crippen LogP contribution in [-0.2, 0) is 6.67 Å². The number of halogens is 5. The van der Waals surface area contributed by atoms with E-state index in [0.717, 1.165) is 0 Å². The Morgan fingerprint density at radius 3 is 2.53 bits per heavy atom. The number of ether oxygens (including phenoxy) is 1. The molecule has 0 atom stereocenters. The van der Waals surface area contributed by atoms with Crippen LogP contribution in [0.25, 0.3) is 0 Å². The van der Waals surface area contributed by atoms with E-state index >= 15 is 0 Å². The van der Waals surface area contributed by atoms with E-state index in [2.05, 4.69) is 9.72 Å². The van der Waals surface area contributed by atoms with Gasteiger partial charge in [0.1, 0.15) is 6.67 Å². The van der Waals surface area contributed by atoms with Gasteiger partial charge in [-0.1, -0.05) is 0 Å². The topological polar surface area (TPSA) is 22.1 Å². The quantitative estimate of drug-likeness (QED) is 0.611. The largest absolute Gasteiger partial charge is 0.574 e. The summed E-state index contributed by atoms with van der Waals surface area (Å²) in [6.45, 7) is 0.491. The maximum Gasteiger partial charge on any atom is 0.574 e. The normalized spacial score (nSPS) is 11.6. The van der Waals surface area contributed by atoms with E-state index in [1.807, 2.05) is 0 Å². The van der Waals surface area contributed by atoms with Crippen molar-refractivity contribution < 1.29 is 22.3 Å². The minimum Gasteiger partial charge on any atom is -0.388 e. The third-order valence-electron chi connectivity index (χ3n) is 1.53. The van der Waals surface area contributed by atoms with Crippen molar-refractivity contribution in [1.82, 2.24) is 4.98 Å². The highest BCUT2D eigenvalue weighted by Crippen LogP contribution is 2.26. The van der Waals surface area contributed by atoms with E-state index in [-0.39, 0.29) is 11.3 Å². The Bertz CT molecular complexity index is 366. The second-order valence-electron chi connectivity index (χ2n) is 2.72. The van der Waals surface area contributed by atoms with E-state index in [0.29, 0.717) is 3.57 Å². The SMILES string of the molecule is Cc1cc(I)c(CF)nc1OC(F)(F)F. The van der Waals surface area contributed by atoms with Crippen LogP contribution in [-0.4, -0.2) is 11.3 Å². The number of nitrogens with zero attached hydrogens (tertiary/aromatic N) is 1. The summed E-state index contributed by atoms with van der Waals surface area (Å²) in [4.78, 5) is 3.45. The molecule has 0 aliphatic heterocycles. The molecule has 0 spiro atoms. The van der Waals surface area contributed by atoms with Gasteiger partial charge in [-0.2, -0.15) is 0 Å². The van der Waals surface area contributed by atoms with Gasteiger partial charge in [-0.3, -0.25) is 0 Å². The molecule has 0 aromatic carbocycles. The van der Waals surface area contributed by atoms with Crippen LogP contribution in [0.5, 0.6) is 5.88 Å². The smallest absolute Gasteiger partial charge is 0.388 e. The van der Waals surface area contributed by atoms with Gasteiger partial charge in [-0.15, -0.1) is 13.2 Å². The zero-order valence-electron chi connectivity index (χ0n) is 7.53. The highest BCUT2D eigenvalue weighted by molar-refractivity contribution is 14.1. The van der Waals surface area contributed by atoms with Crippen molar-refractivity contribution in [2.24, 2.45) is 0 Å². The van der Waals surface area contributed by atoms with Crippen molar-refractivity contribution in [2.45, 2.75) is 20.0 Å². The Kier molecular flexibility index (Phi) is 3.74. The number of pyridine rings is 1. The number of alkyl halides is 4. The maximum absolute atomic E-state index is 12.3. The van der Waals surface area contributed by atoms with Crippen molar-refractivity contribution in [3.8, 4) is 5.88 Å². The van der Waals surface area contributed by atoms with Gasteiger partial charge in [0.05, 0.1) is 5.69 Å². The molecule has 0 saturated heterocycles. The lowest BCUT2D eigenvalue weighted by molar-refractivity contribution is -0.276. The van der Waals surface area contributed by atoms with Gasteiger partial charge in [0.15, 0.2) is 0 Å². The minimum atomic E-state index is -4.81. The standard InChI is InChI=1S/C8H6F4INO/c1-4-2-5(13)6(3-9)14-7(4)15-8(10,11)12/h2H,3H2,1H3. The van der Waals surface area contributed by atoms with E-state index in [1.165, 1.54) is 13.0 Å². The number of rotatable bonds is 2. The summed E-state index contributed by atoms with van der Waals surface area (Å²) in [6, 6.07) is 1.39. The fraction of sp³-hybridized carbons (Fsp3) is 0.375. The molecule has 1 aromatic heterocycles. The molecule has 1 heterocycles. The van der Waals surface area contributed by atoms with Crippen LogP contribution in [0.15, 0.2) is 6.07 Å². The maximum atomic E-state index is 12.3. The van der Waals surface area contributed by atoms with Gasteiger partial charge < -0.3 is 4.74 Å². The summed E-state index contributed by atoms with van der Waals surface area (Å²) in [6.07, 6.45) is -4.81. The average Bonchev–Trinajstić information content (AvgIpc) is 2.07. The molecule has 0 fully saturated rings. The van der Waals surface area contributed by atoms with E-state index in [9.17, 15) is 17.6 Å². The number of hydrogen-bond donors (Lipinski definition) is 0. The Morgan fingerprint density at radius 2 is 2.07 bits per heavy atom. The summed E-state index contributed by atoms with van der Waals surface area (Å²) in [7, 11) is 0. The molecular formula is C8H6F4INO. The highest BCUT2D eigenvalue weighted by Gasteiger charge is 2.32. The van der Waals surface area contributed by atoms with Gasteiger partial charge >= 0.3 is 6.36 Å². The van der Waals surface area contributed by atoms with Crippen molar-refractivity contribution in [2.75, 3.05) is 0 Å². The zero-order chi connectivity index (χ0) is 11.6. The monoisotopic (exact) mass is 335 g/mol. The Labute approximate surface area is 96.8 Å². The van der Waals surface area contributed by atoms with Gasteiger partial charge in [0, 0.05) is 9.13 Å². The Morgan fingerprint density at radius 1 is 1.47 bits per heavy atom. The van der Waals surface area contributed by atoms with Crippen LogP contribution < -0.4 is 4.74 Å². The minimum absolute atomic E-state index is 0.0551. The van der Waals surface area contributed by atoms with Crippen LogP contribution >= 0.6 is 22.6 Å². The lowest BCUT2D eigenvalue weighted by Crippen LogP contribution is -2.19. The molecule has 0 radical (unpaired) electrons. The Balaban J connectivity index is 3.08. The summed E-state index contributed by atoms with van der Waals surface area (Å²) in [5.74, 6) is -0.601. The van der Waals surface area contributed by atoms with E-state index in [4.69, 9.17) is 0 Å². The van der Waals surface area contributed by atoms with Crippen molar-refractivity contribution in [3.05, 3.63) is 20.9 Å². The van der Waals surface area contributed by atoms with Crippen molar-refractivity contribution >= 4 is 22.6 Å². The predicted octanol–water partition coefficient (Wildman–Crippen LogP) is 3.36. The molecule has 15 heavy (non-hydrogen) atoms. The molecule has 0 amide bonds. The highest BCUT2D eigenvalue weighted by atomic mass is 127. The summed E-state index contributed by atoms with van der Waals surface area (Å²) < 4.78 is 52.1. The molecule has 84 valence electrons. The molecule has 0 unspecified atom stereocenters. The van der Waals surface area contributed by atoms with Crippen molar-refractivity contribution in [3.63, 3.8) is 0 Å². The Hall–Kier alpha value is -0.600. The van der Waals surface area contributed by atoms with Crippen LogP contribution in [0, 0.1) is 10.5 Å². The first-order valence-corrected chi connectivity index (χ1v) is 4.89. The number of aryl methyl sites for hydroxylation is 1. The van der Waals surface area contributed by atoms with Crippen LogP contribution in [0.1, 0.15) is 11.3 Å². The molecule has 0 N–H and O–H groups in total. The zero-order valence-corrected chi connectivity index (χ0v) is 9.69. The fourth-order valence-electron chi connectivity index (χ4n) is 0.906. The fourth-order valence-corrected chi connectivity index (χ4v) is 1.64. The lowest BCUT2D eigenvalue weighted by Gasteiger charge is -2.11. The molecule has 0 saturated carbocycles. The second kappa shape index (κ2) is 4.50. The molecule has 1 aromatic rings. The molecule has 2 nitrogen and oxygen atoms in total. The van der Waals surface area contributed by atoms with Crippen LogP contribution in [0.4, 0.5) is 17.6 Å². The number of hydrogen-bond acceptors (Lipinski definition) is 2. The molecule has 0 bridgehead atoms. The molecule has 1 rings (SSSR count). The lowest BCUT2D eigenvalue weighted by atomic mass is 10.3. The second-order valence-corrected chi connectivity index (χ2v) is 3.88. The summed E-state index contributed by atoms with van der Waals surface area (Å²) >= 11 is 1.80. The average molecular weight is 335 g/mol. The summed E-state index contributed by atoms with van der Waals surface area (Å²) in [5, 5.41) is 0. The van der Waals surface area contributed by atoms with E-state index in [1.54, 1.807) is 22.6 Å². The van der Waals surface area contributed by atoms with Gasteiger partial charge in [-0.05, 0) is 35.6 Å². The molecule has 7 heteroatoms. The third kappa shape index (κ3) is 3.47. The van der Waals surface area contributed by atoms with Gasteiger partial charge in [0.2, 0.25) is 5.88 Å². The first-order chi connectivity index (χ1) is 6.83. The van der Waals surface area contributed by atoms with Gasteiger partial charge in [0.25, 0.3) is 0 Å². The van der Waals surface area contributed by atoms with E-state index < -0.39 is 18.9 Å². The van der Waals surface area contributed by atoms with Crippen molar-refractivity contribution in [1.29, 1.82) is 0 Å². The molecule has 0 aliphatic carbocycles. The molecule has 0 aliphatic rings. The first-order valence-electron chi connectivity index (χ1n) is 3.81. The van der Waals surface area contributed by atoms with Crippen LogP contribution in [0.3, 0.4) is 0 Å². The van der Waals surface area contributed by atoms with Crippen LogP contribution in [0.2, 0.25) is 0 Å².